The molecule has 15 nitrogen and oxygen atoms in total. The second kappa shape index (κ2) is 15.2. The summed E-state index contributed by atoms with van der Waals surface area (Å²) in [6.07, 6.45) is 13.5. The maximum Gasteiger partial charge on any atom is 0.284 e. The van der Waals surface area contributed by atoms with Gasteiger partial charge in [0.2, 0.25) is 11.8 Å². The van der Waals surface area contributed by atoms with Crippen LogP contribution in [0.4, 0.5) is 5.69 Å². The predicted molar refractivity (Wildman–Crippen MR) is 176 cm³/mol. The highest BCUT2D eigenvalue weighted by Gasteiger charge is 2.32. The van der Waals surface area contributed by atoms with Gasteiger partial charge in [0.05, 0.1) is 36.2 Å². The Morgan fingerprint density at radius 1 is 0.755 bits per heavy atom. The average Bonchev–Trinajstić information content (AvgIpc) is 3.72. The van der Waals surface area contributed by atoms with E-state index in [-0.39, 0.29) is 30.5 Å². The maximum atomic E-state index is 12.9. The number of nitrogens with zero attached hydrogens (tertiary/aromatic N) is 9. The largest absolute Gasteiger partial charge is 0.435 e. The molecule has 16 heteroatoms. The third-order valence-corrected chi connectivity index (χ3v) is 7.14. The number of Topliss-reactive ketones (excluding diaryl/α,β-unsaturated/α-hetero) is 1. The van der Waals surface area contributed by atoms with Gasteiger partial charge in [0.15, 0.2) is 28.7 Å². The number of ketones is 1. The molecule has 0 aromatic carbocycles. The molecule has 248 valence electrons. The Labute approximate surface area is 284 Å². The Balaban J connectivity index is 0.000000155. The van der Waals surface area contributed by atoms with Crippen molar-refractivity contribution < 1.29 is 28.5 Å². The third-order valence-electron chi connectivity index (χ3n) is 6.92. The number of carbonyl (C=O) groups excluding carboxylic acids is 2. The van der Waals surface area contributed by atoms with E-state index >= 15 is 0 Å². The van der Waals surface area contributed by atoms with E-state index in [9.17, 15) is 9.59 Å². The van der Waals surface area contributed by atoms with E-state index in [4.69, 9.17) is 25.8 Å². The van der Waals surface area contributed by atoms with Gasteiger partial charge in [-0.05, 0) is 42.5 Å². The molecule has 0 saturated carbocycles. The van der Waals surface area contributed by atoms with Gasteiger partial charge in [0.1, 0.15) is 18.5 Å². The van der Waals surface area contributed by atoms with Crippen molar-refractivity contribution >= 4 is 29.0 Å². The molecule has 8 rings (SSSR count). The second-order valence-electron chi connectivity index (χ2n) is 10.1. The molecule has 6 aromatic rings. The van der Waals surface area contributed by atoms with Gasteiger partial charge in [-0.1, -0.05) is 17.7 Å². The number of halogens is 1. The smallest absolute Gasteiger partial charge is 0.284 e. The molecular formula is C33H28ClN9O6. The van der Waals surface area contributed by atoms with Crippen molar-refractivity contribution in [2.75, 3.05) is 31.9 Å². The molecule has 0 saturated heterocycles. The normalized spacial score (nSPS) is 12.6. The minimum absolute atomic E-state index is 0.0695. The summed E-state index contributed by atoms with van der Waals surface area (Å²) in [4.78, 5) is 43.1. The number of hydrogen-bond donors (Lipinski definition) is 0. The molecule has 0 fully saturated rings. The Kier molecular flexibility index (Phi) is 10.2. The van der Waals surface area contributed by atoms with Crippen LogP contribution in [0.15, 0.2) is 98.1 Å². The monoisotopic (exact) mass is 681 g/mol. The lowest BCUT2D eigenvalue weighted by molar-refractivity contribution is 0.0931. The van der Waals surface area contributed by atoms with Crippen molar-refractivity contribution in [3.8, 4) is 34.6 Å². The number of amides is 1. The molecule has 0 unspecified atom stereocenters. The van der Waals surface area contributed by atoms with Gasteiger partial charge in [-0.15, -0.1) is 0 Å². The Hall–Kier alpha value is -6.03. The molecule has 0 bridgehead atoms. The summed E-state index contributed by atoms with van der Waals surface area (Å²) in [5.74, 6) is 1.13. The molecule has 0 radical (unpaired) electrons. The number of aromatic nitrogens is 8. The number of anilines is 1. The van der Waals surface area contributed by atoms with Gasteiger partial charge in [0.25, 0.3) is 5.91 Å². The molecule has 0 atom stereocenters. The van der Waals surface area contributed by atoms with Crippen LogP contribution in [0, 0.1) is 0 Å². The lowest BCUT2D eigenvalue weighted by Gasteiger charge is -2.19. The fourth-order valence-electron chi connectivity index (χ4n) is 4.73. The molecule has 2 aliphatic rings. The van der Waals surface area contributed by atoms with Crippen LogP contribution in [0.1, 0.15) is 26.5 Å². The van der Waals surface area contributed by atoms with Crippen LogP contribution in [-0.2, 0) is 15.9 Å². The lowest BCUT2D eigenvalue weighted by atomic mass is 10.1. The van der Waals surface area contributed by atoms with E-state index in [2.05, 4.69) is 34.9 Å². The molecule has 49 heavy (non-hydrogen) atoms. The highest BCUT2D eigenvalue weighted by atomic mass is 35.5. The number of rotatable bonds is 5. The number of carbonyl (C=O) groups is 2. The van der Waals surface area contributed by atoms with E-state index in [1.807, 2.05) is 24.3 Å². The number of hydrogen-bond acceptors (Lipinski definition) is 12. The number of fused-ring (bicyclic) bond motifs is 4. The van der Waals surface area contributed by atoms with Gasteiger partial charge in [0, 0.05) is 51.0 Å². The molecule has 0 spiro atoms. The number of alkyl halides is 1. The van der Waals surface area contributed by atoms with Crippen molar-refractivity contribution in [2.45, 2.75) is 6.42 Å². The van der Waals surface area contributed by atoms with Crippen LogP contribution < -0.4 is 14.4 Å². The van der Waals surface area contributed by atoms with Crippen LogP contribution in [0.3, 0.4) is 0 Å². The summed E-state index contributed by atoms with van der Waals surface area (Å²) >= 11 is 4.96. The van der Waals surface area contributed by atoms with Crippen LogP contribution in [0.2, 0.25) is 0 Å². The van der Waals surface area contributed by atoms with E-state index in [0.717, 1.165) is 16.9 Å². The van der Waals surface area contributed by atoms with Gasteiger partial charge in [-0.3, -0.25) is 24.5 Å². The minimum Gasteiger partial charge on any atom is -0.435 e. The van der Waals surface area contributed by atoms with Gasteiger partial charge in [-0.2, -0.15) is 10.2 Å². The first-order valence-corrected chi connectivity index (χ1v) is 15.2. The van der Waals surface area contributed by atoms with Crippen molar-refractivity contribution in [1.29, 1.82) is 0 Å². The van der Waals surface area contributed by atoms with Gasteiger partial charge in [-0.25, -0.2) is 19.3 Å². The molecule has 0 aliphatic carbocycles. The van der Waals surface area contributed by atoms with Crippen LogP contribution in [0.5, 0.6) is 23.3 Å². The van der Waals surface area contributed by atoms with Gasteiger partial charge >= 0.3 is 0 Å². The van der Waals surface area contributed by atoms with E-state index in [1.165, 1.54) is 12.0 Å². The maximum absolute atomic E-state index is 12.9. The number of methoxy groups -OCH3 is 2. The first-order valence-electron chi connectivity index (χ1n) is 14.6. The predicted octanol–water partition coefficient (Wildman–Crippen LogP) is 5.04. The van der Waals surface area contributed by atoms with Crippen LogP contribution in [0.25, 0.3) is 11.4 Å². The van der Waals surface area contributed by atoms with E-state index in [0.29, 0.717) is 40.7 Å². The first kappa shape index (κ1) is 32.9. The zero-order valence-electron chi connectivity index (χ0n) is 26.2. The molecular weight excluding hydrogens is 654 g/mol. The van der Waals surface area contributed by atoms with Crippen molar-refractivity contribution in [2.24, 2.45) is 0 Å². The number of pyridine rings is 4. The summed E-state index contributed by atoms with van der Waals surface area (Å²) in [6, 6.07) is 14.7. The summed E-state index contributed by atoms with van der Waals surface area (Å²) in [6.45, 7) is 0.0695. The molecule has 0 N–H and O–H groups in total. The summed E-state index contributed by atoms with van der Waals surface area (Å²) in [5.41, 5.74) is 3.30. The minimum atomic E-state index is -0.318. The fourth-order valence-corrected chi connectivity index (χ4v) is 4.73. The highest BCUT2D eigenvalue weighted by Crippen LogP contribution is 2.37. The quantitative estimate of drug-likeness (QED) is 0.223. The molecule has 2 aliphatic heterocycles. The molecule has 1 amide bonds. The Bertz CT molecular complexity index is 2050. The SMILES string of the molecule is COCCl.COCN1C(=O)c2nn(-c3cccnc3)cc2Oc2ncccc21.O=C1Cc2cccnc2Oc2cn(-c3cccnc3)nc21. The highest BCUT2D eigenvalue weighted by molar-refractivity contribution is 6.17. The van der Waals surface area contributed by atoms with Crippen LogP contribution in [-0.4, -0.2) is 78.2 Å². The standard InChI is InChI=1S/C16H13N5O3.C15H10N4O2.C2H5ClO/c1-23-10-20-12-5-3-7-18-15(12)24-13-9-21(19-14(13)16(20)22)11-4-2-6-17-8-11;20-12-7-10-3-1-6-17-15(10)21-13-9-19(18-14(12)13)11-4-2-5-16-8-11;1-4-2-3/h2-9H,10H2,1H3;1-6,8-9H,7H2;2H2,1H3. The lowest BCUT2D eigenvalue weighted by Crippen LogP contribution is -2.32. The van der Waals surface area contributed by atoms with Crippen molar-refractivity contribution in [1.82, 2.24) is 39.5 Å². The summed E-state index contributed by atoms with van der Waals surface area (Å²) < 4.78 is 24.1. The Morgan fingerprint density at radius 2 is 1.33 bits per heavy atom. The van der Waals surface area contributed by atoms with Crippen molar-refractivity contribution in [3.05, 3.63) is 115 Å². The van der Waals surface area contributed by atoms with Crippen molar-refractivity contribution in [3.63, 3.8) is 0 Å². The fraction of sp³-hybridized carbons (Fsp3) is 0.152. The van der Waals surface area contributed by atoms with Gasteiger partial charge < -0.3 is 18.9 Å². The topological polar surface area (TPSA) is 162 Å². The first-order chi connectivity index (χ1) is 24.0. The zero-order chi connectivity index (χ0) is 34.2. The second-order valence-corrected chi connectivity index (χ2v) is 10.4. The van der Waals surface area contributed by atoms with Crippen LogP contribution >= 0.6 is 11.6 Å². The molecule has 8 heterocycles. The summed E-state index contributed by atoms with van der Waals surface area (Å²) in [5, 5.41) is 8.67. The Morgan fingerprint density at radius 3 is 1.94 bits per heavy atom. The average molecular weight is 682 g/mol. The number of ether oxygens (including phenoxy) is 4. The summed E-state index contributed by atoms with van der Waals surface area (Å²) in [7, 11) is 3.07. The van der Waals surface area contributed by atoms with E-state index < -0.39 is 0 Å². The van der Waals surface area contributed by atoms with E-state index in [1.54, 1.807) is 90.3 Å². The molecule has 6 aromatic heterocycles. The zero-order valence-corrected chi connectivity index (χ0v) is 27.0. The third kappa shape index (κ3) is 7.28.